The molecule has 0 spiro atoms. The Labute approximate surface area is 85.8 Å². The normalized spacial score (nSPS) is 32.2. The number of rotatable bonds is 1. The highest BCUT2D eigenvalue weighted by Gasteiger charge is 2.29. The van der Waals surface area contributed by atoms with Crippen molar-refractivity contribution in [2.45, 2.75) is 45.1 Å². The summed E-state index contributed by atoms with van der Waals surface area (Å²) in [5, 5.41) is 3.12. The molecule has 14 heavy (non-hydrogen) atoms. The summed E-state index contributed by atoms with van der Waals surface area (Å²) in [6, 6.07) is 0.616. The first kappa shape index (κ1) is 9.81. The van der Waals surface area contributed by atoms with Gasteiger partial charge >= 0.3 is 6.03 Å². The van der Waals surface area contributed by atoms with E-state index in [1.165, 1.54) is 32.1 Å². The average molecular weight is 196 g/mol. The molecule has 1 aliphatic heterocycles. The fourth-order valence-corrected chi connectivity index (χ4v) is 2.23. The van der Waals surface area contributed by atoms with Crippen molar-refractivity contribution in [1.29, 1.82) is 0 Å². The Morgan fingerprint density at radius 1 is 1.21 bits per heavy atom. The summed E-state index contributed by atoms with van der Waals surface area (Å²) in [6.07, 6.45) is 6.07. The van der Waals surface area contributed by atoms with Crippen LogP contribution < -0.4 is 5.32 Å². The summed E-state index contributed by atoms with van der Waals surface area (Å²) in [5.74, 6) is 0.684. The van der Waals surface area contributed by atoms with E-state index in [0.717, 1.165) is 13.1 Å². The minimum Gasteiger partial charge on any atom is -0.335 e. The van der Waals surface area contributed by atoms with E-state index in [1.54, 1.807) is 0 Å². The summed E-state index contributed by atoms with van der Waals surface area (Å²) in [5.41, 5.74) is 0. The topological polar surface area (TPSA) is 32.3 Å². The van der Waals surface area contributed by atoms with E-state index in [2.05, 4.69) is 12.2 Å². The number of carbonyl (C=O) groups excluding carboxylic acids is 1. The van der Waals surface area contributed by atoms with E-state index in [1.807, 2.05) is 4.90 Å². The van der Waals surface area contributed by atoms with Gasteiger partial charge in [0.1, 0.15) is 0 Å². The van der Waals surface area contributed by atoms with Crippen molar-refractivity contribution in [1.82, 2.24) is 10.2 Å². The molecule has 1 heterocycles. The number of hydrogen-bond acceptors (Lipinski definition) is 1. The third kappa shape index (κ3) is 2.02. The van der Waals surface area contributed by atoms with Gasteiger partial charge in [0.15, 0.2) is 0 Å². The number of likely N-dealkylation sites (tertiary alicyclic amines) is 1. The average Bonchev–Trinajstić information content (AvgIpc) is 2.24. The molecule has 0 aromatic heterocycles. The lowest BCUT2D eigenvalue weighted by molar-refractivity contribution is 0.162. The number of carbonyl (C=O) groups is 1. The number of nitrogens with one attached hydrogen (secondary N) is 1. The van der Waals surface area contributed by atoms with Crippen LogP contribution in [-0.2, 0) is 0 Å². The fourth-order valence-electron chi connectivity index (χ4n) is 2.23. The molecule has 3 heteroatoms. The molecule has 0 radical (unpaired) electrons. The van der Waals surface area contributed by atoms with Crippen molar-refractivity contribution in [2.75, 3.05) is 13.1 Å². The van der Waals surface area contributed by atoms with Crippen LogP contribution in [0.4, 0.5) is 4.79 Å². The Hall–Kier alpha value is -0.730. The lowest BCUT2D eigenvalue weighted by atomic mass is 9.81. The van der Waals surface area contributed by atoms with Gasteiger partial charge in [-0.25, -0.2) is 4.79 Å². The van der Waals surface area contributed by atoms with Crippen LogP contribution in [0.5, 0.6) is 0 Å². The van der Waals surface area contributed by atoms with E-state index in [-0.39, 0.29) is 6.03 Å². The second-order valence-corrected chi connectivity index (χ2v) is 4.66. The zero-order valence-electron chi connectivity index (χ0n) is 8.96. The van der Waals surface area contributed by atoms with Crippen molar-refractivity contribution in [3.63, 3.8) is 0 Å². The van der Waals surface area contributed by atoms with Crippen LogP contribution in [0, 0.1) is 5.92 Å². The maximum atomic E-state index is 11.8. The number of piperidine rings is 1. The maximum Gasteiger partial charge on any atom is 0.317 e. The van der Waals surface area contributed by atoms with Gasteiger partial charge in [-0.3, -0.25) is 0 Å². The number of nitrogens with zero attached hydrogens (tertiary/aromatic N) is 1. The molecular weight excluding hydrogens is 176 g/mol. The lowest BCUT2D eigenvalue weighted by Crippen LogP contribution is -2.51. The van der Waals surface area contributed by atoms with Crippen molar-refractivity contribution in [2.24, 2.45) is 5.92 Å². The van der Waals surface area contributed by atoms with Gasteiger partial charge < -0.3 is 10.2 Å². The number of hydrogen-bond donors (Lipinski definition) is 1. The summed E-state index contributed by atoms with van der Waals surface area (Å²) < 4.78 is 0. The molecule has 1 aliphatic carbocycles. The molecule has 1 saturated heterocycles. The van der Waals surface area contributed by atoms with Crippen LogP contribution in [0.1, 0.15) is 39.0 Å². The van der Waals surface area contributed by atoms with Gasteiger partial charge in [-0.1, -0.05) is 6.92 Å². The summed E-state index contributed by atoms with van der Waals surface area (Å²) in [6.45, 7) is 4.12. The quantitative estimate of drug-likeness (QED) is 0.683. The Morgan fingerprint density at radius 3 is 2.43 bits per heavy atom. The Kier molecular flexibility index (Phi) is 2.94. The van der Waals surface area contributed by atoms with E-state index in [0.29, 0.717) is 12.0 Å². The van der Waals surface area contributed by atoms with E-state index < -0.39 is 0 Å². The predicted octanol–water partition coefficient (Wildman–Crippen LogP) is 1.98. The number of amides is 2. The highest BCUT2D eigenvalue weighted by atomic mass is 16.2. The van der Waals surface area contributed by atoms with Gasteiger partial charge in [0.25, 0.3) is 0 Å². The zero-order chi connectivity index (χ0) is 9.97. The molecule has 80 valence electrons. The SMILES string of the molecule is CC1CCC1NC(=O)N1CCCCC1. The summed E-state index contributed by atoms with van der Waals surface area (Å²) in [4.78, 5) is 13.7. The molecule has 2 atom stereocenters. The van der Waals surface area contributed by atoms with Crippen molar-refractivity contribution in [3.8, 4) is 0 Å². The molecule has 0 bridgehead atoms. The van der Waals surface area contributed by atoms with Gasteiger partial charge in [0.05, 0.1) is 0 Å². The van der Waals surface area contributed by atoms with Crippen LogP contribution in [0.2, 0.25) is 0 Å². The smallest absolute Gasteiger partial charge is 0.317 e. The minimum absolute atomic E-state index is 0.168. The summed E-state index contributed by atoms with van der Waals surface area (Å²) >= 11 is 0. The van der Waals surface area contributed by atoms with E-state index >= 15 is 0 Å². The minimum atomic E-state index is 0.168. The molecule has 0 aromatic rings. The van der Waals surface area contributed by atoms with Crippen LogP contribution in [-0.4, -0.2) is 30.1 Å². The van der Waals surface area contributed by atoms with Gasteiger partial charge in [-0.15, -0.1) is 0 Å². The van der Waals surface area contributed by atoms with Gasteiger partial charge in [0.2, 0.25) is 0 Å². The Morgan fingerprint density at radius 2 is 1.93 bits per heavy atom. The first-order valence-electron chi connectivity index (χ1n) is 5.83. The first-order valence-corrected chi connectivity index (χ1v) is 5.83. The molecule has 2 amide bonds. The molecule has 0 aromatic carbocycles. The molecule has 2 unspecified atom stereocenters. The highest BCUT2D eigenvalue weighted by molar-refractivity contribution is 5.74. The monoisotopic (exact) mass is 196 g/mol. The van der Waals surface area contributed by atoms with Crippen molar-refractivity contribution in [3.05, 3.63) is 0 Å². The fraction of sp³-hybridized carbons (Fsp3) is 0.909. The molecule has 2 rings (SSSR count). The van der Waals surface area contributed by atoms with Crippen LogP contribution in [0.25, 0.3) is 0 Å². The second kappa shape index (κ2) is 4.20. The molecule has 2 fully saturated rings. The van der Waals surface area contributed by atoms with Gasteiger partial charge in [0, 0.05) is 19.1 Å². The second-order valence-electron chi connectivity index (χ2n) is 4.66. The first-order chi connectivity index (χ1) is 6.77. The molecular formula is C11H20N2O. The third-order valence-electron chi connectivity index (χ3n) is 3.57. The van der Waals surface area contributed by atoms with Crippen molar-refractivity contribution < 1.29 is 4.79 Å². The number of urea groups is 1. The van der Waals surface area contributed by atoms with Crippen molar-refractivity contribution >= 4 is 6.03 Å². The maximum absolute atomic E-state index is 11.8. The molecule has 1 saturated carbocycles. The highest BCUT2D eigenvalue weighted by Crippen LogP contribution is 2.26. The van der Waals surface area contributed by atoms with Crippen LogP contribution in [0.3, 0.4) is 0 Å². The summed E-state index contributed by atoms with van der Waals surface area (Å²) in [7, 11) is 0. The Balaban J connectivity index is 1.76. The molecule has 2 aliphatic rings. The molecule has 1 N–H and O–H groups in total. The lowest BCUT2D eigenvalue weighted by Gasteiger charge is -2.37. The largest absolute Gasteiger partial charge is 0.335 e. The van der Waals surface area contributed by atoms with E-state index in [4.69, 9.17) is 0 Å². The van der Waals surface area contributed by atoms with Gasteiger partial charge in [-0.05, 0) is 38.0 Å². The third-order valence-corrected chi connectivity index (χ3v) is 3.57. The standard InChI is InChI=1S/C11H20N2O/c1-9-5-6-10(9)12-11(14)13-7-3-2-4-8-13/h9-10H,2-8H2,1H3,(H,12,14). The molecule has 3 nitrogen and oxygen atoms in total. The van der Waals surface area contributed by atoms with E-state index in [9.17, 15) is 4.79 Å². The zero-order valence-corrected chi connectivity index (χ0v) is 8.96. The van der Waals surface area contributed by atoms with Crippen LogP contribution >= 0.6 is 0 Å². The Bertz CT molecular complexity index is 211. The predicted molar refractivity (Wildman–Crippen MR) is 56.1 cm³/mol. The van der Waals surface area contributed by atoms with Crippen LogP contribution in [0.15, 0.2) is 0 Å². The van der Waals surface area contributed by atoms with Gasteiger partial charge in [-0.2, -0.15) is 0 Å².